The van der Waals surface area contributed by atoms with Crippen molar-refractivity contribution in [3.05, 3.63) is 73.8 Å². The minimum absolute atomic E-state index is 0.0355. The van der Waals surface area contributed by atoms with E-state index in [0.29, 0.717) is 16.5 Å². The summed E-state index contributed by atoms with van der Waals surface area (Å²) in [7, 11) is 0. The molecule has 148 valence electrons. The number of H-pyrrole nitrogens is 1. The molecule has 1 atom stereocenters. The normalized spacial score (nSPS) is 11.9. The van der Waals surface area contributed by atoms with Gasteiger partial charge in [-0.1, -0.05) is 11.6 Å². The van der Waals surface area contributed by atoms with E-state index >= 15 is 0 Å². The summed E-state index contributed by atoms with van der Waals surface area (Å²) in [5.41, 5.74) is 0.406. The fourth-order valence-corrected chi connectivity index (χ4v) is 3.41. The topological polar surface area (TPSA) is 98.6 Å². The van der Waals surface area contributed by atoms with Crippen molar-refractivity contribution >= 4 is 28.4 Å². The van der Waals surface area contributed by atoms with E-state index in [9.17, 15) is 18.4 Å². The van der Waals surface area contributed by atoms with E-state index in [4.69, 9.17) is 16.9 Å². The van der Waals surface area contributed by atoms with Crippen LogP contribution in [0.1, 0.15) is 35.3 Å². The van der Waals surface area contributed by atoms with Gasteiger partial charge in [0.1, 0.15) is 17.7 Å². The van der Waals surface area contributed by atoms with Gasteiger partial charge in [-0.15, -0.1) is 0 Å². The molecule has 0 spiro atoms. The lowest BCUT2D eigenvalue weighted by molar-refractivity contribution is -0.121. The number of nitrogens with one attached hydrogen (secondary N) is 2. The van der Waals surface area contributed by atoms with Gasteiger partial charge in [0.2, 0.25) is 5.91 Å². The lowest BCUT2D eigenvalue weighted by Crippen LogP contribution is -2.31. The number of pyridine rings is 2. The highest BCUT2D eigenvalue weighted by Crippen LogP contribution is 2.28. The van der Waals surface area contributed by atoms with Crippen LogP contribution in [0.15, 0.2) is 29.2 Å². The molecule has 0 unspecified atom stereocenters. The smallest absolute Gasteiger partial charge is 0.252 e. The molecule has 2 aromatic heterocycles. The molecule has 1 amide bonds. The number of nitrogens with zero attached hydrogens (tertiary/aromatic N) is 2. The molecule has 0 aliphatic rings. The summed E-state index contributed by atoms with van der Waals surface area (Å²) in [6, 6.07) is 4.55. The average molecular weight is 417 g/mol. The molecule has 9 heteroatoms. The Bertz CT molecular complexity index is 1230. The second-order valence-corrected chi connectivity index (χ2v) is 6.89. The molecule has 0 radical (unpaired) electrons. The van der Waals surface area contributed by atoms with Crippen molar-refractivity contribution in [2.24, 2.45) is 0 Å². The van der Waals surface area contributed by atoms with E-state index in [0.717, 1.165) is 12.1 Å². The summed E-state index contributed by atoms with van der Waals surface area (Å²) in [6.07, 6.45) is 0.891. The first-order chi connectivity index (χ1) is 13.7. The quantitative estimate of drug-likeness (QED) is 0.680. The summed E-state index contributed by atoms with van der Waals surface area (Å²) in [5.74, 6) is -1.91. The molecule has 0 fully saturated rings. The van der Waals surface area contributed by atoms with Gasteiger partial charge in [-0.05, 0) is 37.6 Å². The predicted molar refractivity (Wildman–Crippen MR) is 103 cm³/mol. The van der Waals surface area contributed by atoms with Gasteiger partial charge < -0.3 is 10.3 Å². The van der Waals surface area contributed by atoms with E-state index in [1.54, 1.807) is 13.0 Å². The highest BCUT2D eigenvalue weighted by Gasteiger charge is 2.20. The third-order valence-corrected chi connectivity index (χ3v) is 4.94. The Morgan fingerprint density at radius 1 is 1.38 bits per heavy atom. The summed E-state index contributed by atoms with van der Waals surface area (Å²) in [6.45, 7) is 3.11. The first-order valence-electron chi connectivity index (χ1n) is 8.57. The first-order valence-corrected chi connectivity index (χ1v) is 8.95. The van der Waals surface area contributed by atoms with Gasteiger partial charge >= 0.3 is 0 Å². The minimum atomic E-state index is -0.795. The Morgan fingerprint density at radius 2 is 2.10 bits per heavy atom. The number of carbonyl (C=O) groups excluding carboxylic acids is 1. The fourth-order valence-electron chi connectivity index (χ4n) is 3.10. The molecule has 6 nitrogen and oxygen atoms in total. The van der Waals surface area contributed by atoms with Crippen LogP contribution >= 0.6 is 11.6 Å². The third-order valence-electron chi connectivity index (χ3n) is 4.57. The summed E-state index contributed by atoms with van der Waals surface area (Å²) in [4.78, 5) is 31.3. The minimum Gasteiger partial charge on any atom is -0.348 e. The average Bonchev–Trinajstić information content (AvgIpc) is 2.67. The molecule has 2 heterocycles. The number of amides is 1. The zero-order chi connectivity index (χ0) is 21.3. The molecule has 29 heavy (non-hydrogen) atoms. The zero-order valence-corrected chi connectivity index (χ0v) is 16.2. The van der Waals surface area contributed by atoms with Crippen LogP contribution in [0.25, 0.3) is 10.9 Å². The largest absolute Gasteiger partial charge is 0.348 e. The van der Waals surface area contributed by atoms with Crippen LogP contribution in [0.5, 0.6) is 0 Å². The van der Waals surface area contributed by atoms with Gasteiger partial charge in [-0.3, -0.25) is 14.6 Å². The molecule has 3 aromatic rings. The zero-order valence-electron chi connectivity index (χ0n) is 15.4. The van der Waals surface area contributed by atoms with Crippen LogP contribution < -0.4 is 10.9 Å². The van der Waals surface area contributed by atoms with Gasteiger partial charge in [0.15, 0.2) is 0 Å². The van der Waals surface area contributed by atoms with Crippen molar-refractivity contribution in [3.8, 4) is 6.07 Å². The lowest BCUT2D eigenvalue weighted by Gasteiger charge is -2.15. The number of halogens is 3. The molecule has 0 saturated heterocycles. The maximum absolute atomic E-state index is 14.1. The predicted octanol–water partition coefficient (Wildman–Crippen LogP) is 3.45. The summed E-state index contributed by atoms with van der Waals surface area (Å²) in [5, 5.41) is 11.5. The Kier molecular flexibility index (Phi) is 5.62. The van der Waals surface area contributed by atoms with Crippen molar-refractivity contribution in [3.63, 3.8) is 0 Å². The van der Waals surface area contributed by atoms with Crippen molar-refractivity contribution in [2.45, 2.75) is 26.3 Å². The Morgan fingerprint density at radius 3 is 2.76 bits per heavy atom. The van der Waals surface area contributed by atoms with Crippen molar-refractivity contribution in [1.82, 2.24) is 15.3 Å². The lowest BCUT2D eigenvalue weighted by atomic mass is 10.0. The van der Waals surface area contributed by atoms with Crippen molar-refractivity contribution < 1.29 is 13.6 Å². The number of rotatable bonds is 4. The third kappa shape index (κ3) is 3.96. The van der Waals surface area contributed by atoms with E-state index in [2.05, 4.69) is 15.3 Å². The molecule has 0 bridgehead atoms. The molecule has 0 aliphatic heterocycles. The van der Waals surface area contributed by atoms with Crippen molar-refractivity contribution in [2.75, 3.05) is 0 Å². The van der Waals surface area contributed by atoms with Gasteiger partial charge in [-0.2, -0.15) is 5.26 Å². The maximum Gasteiger partial charge on any atom is 0.252 e. The van der Waals surface area contributed by atoms with Gasteiger partial charge in [0.25, 0.3) is 5.56 Å². The number of aromatic nitrogens is 2. The van der Waals surface area contributed by atoms with E-state index in [-0.39, 0.29) is 28.3 Å². The number of nitriles is 1. The number of benzene rings is 1. The SMILES string of the molecule is Cc1c(CC(=O)N[C@@H](C)c2ncc(C#N)cc2F)c(=O)[nH]c2ccc(F)c(Cl)c12. The highest BCUT2D eigenvalue weighted by molar-refractivity contribution is 6.35. The van der Waals surface area contributed by atoms with Crippen LogP contribution in [-0.2, 0) is 11.2 Å². The Labute approximate surface area is 169 Å². The first kappa shape index (κ1) is 20.4. The number of carbonyl (C=O) groups is 1. The number of hydrogen-bond acceptors (Lipinski definition) is 4. The van der Waals surface area contributed by atoms with E-state index < -0.39 is 29.1 Å². The Hall–Kier alpha value is -3.31. The number of fused-ring (bicyclic) bond motifs is 1. The monoisotopic (exact) mass is 416 g/mol. The number of hydrogen-bond donors (Lipinski definition) is 2. The van der Waals surface area contributed by atoms with Crippen LogP contribution in [0.3, 0.4) is 0 Å². The number of aromatic amines is 1. The standard InChI is InChI=1S/C20H15ClF2N4O2/c1-9-12(20(29)27-15-4-3-13(22)18(21)17(9)15)6-16(28)26-10(2)19-14(23)5-11(7-24)8-25-19/h3-5,8,10H,6H2,1-2H3,(H,26,28)(H,27,29)/t10-/m0/s1. The number of aryl methyl sites for hydroxylation is 1. The Balaban J connectivity index is 1.87. The van der Waals surface area contributed by atoms with Gasteiger partial charge in [0, 0.05) is 17.1 Å². The van der Waals surface area contributed by atoms with E-state index in [1.165, 1.54) is 19.2 Å². The molecule has 1 aromatic carbocycles. The van der Waals surface area contributed by atoms with Crippen LogP contribution in [-0.4, -0.2) is 15.9 Å². The second kappa shape index (κ2) is 7.97. The molecule has 0 saturated carbocycles. The van der Waals surface area contributed by atoms with Gasteiger partial charge in [-0.25, -0.2) is 8.78 Å². The maximum atomic E-state index is 14.1. The van der Waals surface area contributed by atoms with Crippen LogP contribution in [0.2, 0.25) is 5.02 Å². The molecular weight excluding hydrogens is 402 g/mol. The summed E-state index contributed by atoms with van der Waals surface area (Å²) >= 11 is 6.03. The van der Waals surface area contributed by atoms with E-state index in [1.807, 2.05) is 0 Å². The summed E-state index contributed by atoms with van der Waals surface area (Å²) < 4.78 is 27.9. The molecule has 2 N–H and O–H groups in total. The van der Waals surface area contributed by atoms with Gasteiger partial charge in [0.05, 0.1) is 34.3 Å². The van der Waals surface area contributed by atoms with Crippen LogP contribution in [0, 0.1) is 29.9 Å². The van der Waals surface area contributed by atoms with Crippen LogP contribution in [0.4, 0.5) is 8.78 Å². The molecular formula is C20H15ClF2N4O2. The van der Waals surface area contributed by atoms with Crippen molar-refractivity contribution in [1.29, 1.82) is 5.26 Å². The molecule has 3 rings (SSSR count). The fraction of sp³-hybridized carbons (Fsp3) is 0.200. The highest BCUT2D eigenvalue weighted by atomic mass is 35.5. The molecule has 0 aliphatic carbocycles. The second-order valence-electron chi connectivity index (χ2n) is 6.51.